The second kappa shape index (κ2) is 10.8. The van der Waals surface area contributed by atoms with Gasteiger partial charge < -0.3 is 40.2 Å². The summed E-state index contributed by atoms with van der Waals surface area (Å²) in [6, 6.07) is -3.39. The number of ether oxygens (including phenoxy) is 4. The monoisotopic (exact) mass is 442 g/mol. The fourth-order valence-electron chi connectivity index (χ4n) is 2.73. The van der Waals surface area contributed by atoms with Crippen molar-refractivity contribution in [2.45, 2.75) is 63.2 Å². The summed E-state index contributed by atoms with van der Waals surface area (Å²) in [5.41, 5.74) is 5.64. The van der Waals surface area contributed by atoms with Crippen LogP contribution in [0.1, 0.15) is 20.8 Å². The SMILES string of the molecule is COC(=O)[C@]1(F)O[C@@H]([C@H](O)[C@H](O)COC(=O)OCC(C)C)[C@H](NC(C)=O)[C@@H](N)[C@H]1F. The Bertz CT molecular complexity index is 624. The Morgan fingerprint density at radius 1 is 1.23 bits per heavy atom. The summed E-state index contributed by atoms with van der Waals surface area (Å²) in [6.45, 7) is 3.84. The molecule has 0 spiro atoms. The number of halogens is 2. The highest BCUT2D eigenvalue weighted by Crippen LogP contribution is 2.35. The molecule has 0 aromatic carbocycles. The van der Waals surface area contributed by atoms with Crippen LogP contribution >= 0.6 is 0 Å². The normalized spacial score (nSPS) is 30.9. The van der Waals surface area contributed by atoms with Crippen LogP contribution in [0, 0.1) is 5.92 Å². The van der Waals surface area contributed by atoms with E-state index in [1.165, 1.54) is 0 Å². The first-order valence-corrected chi connectivity index (χ1v) is 9.12. The Labute approximate surface area is 171 Å². The van der Waals surface area contributed by atoms with Crippen molar-refractivity contribution < 1.29 is 52.3 Å². The number of amides is 1. The highest BCUT2D eigenvalue weighted by molar-refractivity contribution is 5.79. The Morgan fingerprint density at radius 2 is 1.80 bits per heavy atom. The Balaban J connectivity index is 2.98. The lowest BCUT2D eigenvalue weighted by Gasteiger charge is -2.46. The molecule has 30 heavy (non-hydrogen) atoms. The number of nitrogens with one attached hydrogen (secondary N) is 1. The number of carbonyl (C=O) groups is 3. The van der Waals surface area contributed by atoms with Gasteiger partial charge in [-0.15, -0.1) is 0 Å². The molecule has 1 aliphatic rings. The molecule has 0 aromatic rings. The minimum atomic E-state index is -3.70. The molecule has 174 valence electrons. The van der Waals surface area contributed by atoms with Crippen LogP contribution in [-0.2, 0) is 28.5 Å². The van der Waals surface area contributed by atoms with Crippen molar-refractivity contribution in [1.82, 2.24) is 5.32 Å². The van der Waals surface area contributed by atoms with E-state index in [0.29, 0.717) is 0 Å². The van der Waals surface area contributed by atoms with Gasteiger partial charge in [0.2, 0.25) is 5.91 Å². The molecule has 0 aromatic heterocycles. The van der Waals surface area contributed by atoms with Gasteiger partial charge in [-0.1, -0.05) is 13.8 Å². The summed E-state index contributed by atoms with van der Waals surface area (Å²) >= 11 is 0. The molecule has 5 N–H and O–H groups in total. The number of aliphatic hydroxyl groups is 2. The molecule has 0 bridgehead atoms. The number of methoxy groups -OCH3 is 1. The minimum absolute atomic E-state index is 0.0215. The number of esters is 1. The summed E-state index contributed by atoms with van der Waals surface area (Å²) < 4.78 is 47.8. The van der Waals surface area contributed by atoms with Crippen LogP contribution in [0.3, 0.4) is 0 Å². The number of nitrogens with two attached hydrogens (primary N) is 1. The Kier molecular flexibility index (Phi) is 9.34. The quantitative estimate of drug-likeness (QED) is 0.340. The summed E-state index contributed by atoms with van der Waals surface area (Å²) in [6.07, 6.45) is -9.73. The Hall–Kier alpha value is -2.09. The van der Waals surface area contributed by atoms with Gasteiger partial charge >= 0.3 is 18.0 Å². The van der Waals surface area contributed by atoms with Crippen molar-refractivity contribution in [2.24, 2.45) is 11.7 Å². The first-order chi connectivity index (χ1) is 13.8. The highest BCUT2D eigenvalue weighted by atomic mass is 19.2. The third-order valence-corrected chi connectivity index (χ3v) is 4.24. The molecule has 7 atom stereocenters. The average Bonchev–Trinajstić information content (AvgIpc) is 2.69. The van der Waals surface area contributed by atoms with Gasteiger partial charge in [-0.3, -0.25) is 4.79 Å². The van der Waals surface area contributed by atoms with Gasteiger partial charge in [-0.25, -0.2) is 14.0 Å². The third kappa shape index (κ3) is 6.20. The third-order valence-electron chi connectivity index (χ3n) is 4.24. The van der Waals surface area contributed by atoms with Crippen LogP contribution in [0.2, 0.25) is 0 Å². The predicted molar refractivity (Wildman–Crippen MR) is 95.4 cm³/mol. The van der Waals surface area contributed by atoms with E-state index in [1.807, 2.05) is 0 Å². The topological polar surface area (TPSA) is 167 Å². The zero-order valence-electron chi connectivity index (χ0n) is 17.0. The lowest BCUT2D eigenvalue weighted by Crippen LogP contribution is -2.73. The summed E-state index contributed by atoms with van der Waals surface area (Å²) in [4.78, 5) is 34.6. The molecule has 1 rings (SSSR count). The molecule has 0 radical (unpaired) electrons. The maximum atomic E-state index is 14.9. The van der Waals surface area contributed by atoms with Gasteiger partial charge in [0.15, 0.2) is 6.17 Å². The Morgan fingerprint density at radius 3 is 2.30 bits per heavy atom. The van der Waals surface area contributed by atoms with Gasteiger partial charge in [0.25, 0.3) is 0 Å². The summed E-state index contributed by atoms with van der Waals surface area (Å²) in [5.74, 6) is -6.16. The molecular weight excluding hydrogens is 414 g/mol. The van der Waals surface area contributed by atoms with Crippen LogP contribution in [0.25, 0.3) is 0 Å². The van der Waals surface area contributed by atoms with Crippen molar-refractivity contribution in [2.75, 3.05) is 20.3 Å². The van der Waals surface area contributed by atoms with E-state index in [1.54, 1.807) is 13.8 Å². The number of alkyl halides is 2. The van der Waals surface area contributed by atoms with Crippen LogP contribution in [0.5, 0.6) is 0 Å². The predicted octanol–water partition coefficient (Wildman–Crippen LogP) is -1.07. The van der Waals surface area contributed by atoms with Crippen molar-refractivity contribution >= 4 is 18.0 Å². The number of hydrogen-bond donors (Lipinski definition) is 4. The van der Waals surface area contributed by atoms with E-state index in [2.05, 4.69) is 14.8 Å². The standard InChI is InChI=1S/C17H28F2N2O9/c1-7(2)5-28-16(26)29-6-9(23)12(24)13-11(21-8(3)22)10(20)14(18)17(19,30-13)15(25)27-4/h7,9-14,23-24H,5-6,20H2,1-4H3,(H,21,22)/t9-,10-,11-,12-,13-,14-,17-/m1/s1. The molecular formula is C17H28F2N2O9. The van der Waals surface area contributed by atoms with E-state index >= 15 is 0 Å². The average molecular weight is 442 g/mol. The van der Waals surface area contributed by atoms with E-state index in [9.17, 15) is 33.4 Å². The molecule has 1 aliphatic heterocycles. The summed E-state index contributed by atoms with van der Waals surface area (Å²) in [5, 5.41) is 22.7. The van der Waals surface area contributed by atoms with Crippen LogP contribution in [0.15, 0.2) is 0 Å². The van der Waals surface area contributed by atoms with Gasteiger partial charge in [0, 0.05) is 6.92 Å². The van der Waals surface area contributed by atoms with Crippen molar-refractivity contribution in [3.05, 3.63) is 0 Å². The number of rotatable bonds is 8. The van der Waals surface area contributed by atoms with Gasteiger partial charge in [0.1, 0.15) is 24.9 Å². The molecule has 11 nitrogen and oxygen atoms in total. The first-order valence-electron chi connectivity index (χ1n) is 9.12. The van der Waals surface area contributed by atoms with Crippen molar-refractivity contribution in [3.63, 3.8) is 0 Å². The second-order valence-corrected chi connectivity index (χ2v) is 7.25. The number of hydrogen-bond acceptors (Lipinski definition) is 10. The van der Waals surface area contributed by atoms with Crippen LogP contribution in [-0.4, -0.2) is 91.0 Å². The molecule has 0 aliphatic carbocycles. The molecule has 0 unspecified atom stereocenters. The number of aliphatic hydroxyl groups excluding tert-OH is 2. The lowest BCUT2D eigenvalue weighted by molar-refractivity contribution is -0.277. The summed E-state index contributed by atoms with van der Waals surface area (Å²) in [7, 11) is 0.780. The van der Waals surface area contributed by atoms with Gasteiger partial charge in [0.05, 0.1) is 25.8 Å². The van der Waals surface area contributed by atoms with Gasteiger partial charge in [-0.05, 0) is 5.92 Å². The van der Waals surface area contributed by atoms with Crippen LogP contribution < -0.4 is 11.1 Å². The second-order valence-electron chi connectivity index (χ2n) is 7.25. The molecule has 1 amide bonds. The van der Waals surface area contributed by atoms with Gasteiger partial charge in [-0.2, -0.15) is 4.39 Å². The lowest BCUT2D eigenvalue weighted by atomic mass is 9.86. The fourth-order valence-corrected chi connectivity index (χ4v) is 2.73. The molecule has 0 saturated carbocycles. The molecule has 13 heteroatoms. The molecule has 1 heterocycles. The fraction of sp³-hybridized carbons (Fsp3) is 0.824. The van der Waals surface area contributed by atoms with Crippen molar-refractivity contribution in [1.29, 1.82) is 0 Å². The van der Waals surface area contributed by atoms with E-state index < -0.39 is 67.1 Å². The van der Waals surface area contributed by atoms with E-state index in [4.69, 9.17) is 15.2 Å². The van der Waals surface area contributed by atoms with E-state index in [-0.39, 0.29) is 12.5 Å². The van der Waals surface area contributed by atoms with Crippen molar-refractivity contribution in [3.8, 4) is 0 Å². The zero-order valence-corrected chi connectivity index (χ0v) is 17.0. The maximum Gasteiger partial charge on any atom is 0.508 e. The van der Waals surface area contributed by atoms with Crippen LogP contribution in [0.4, 0.5) is 13.6 Å². The van der Waals surface area contributed by atoms with E-state index in [0.717, 1.165) is 14.0 Å². The largest absolute Gasteiger partial charge is 0.508 e. The first kappa shape index (κ1) is 25.9. The smallest absolute Gasteiger partial charge is 0.465 e. The number of carbonyl (C=O) groups excluding carboxylic acids is 3. The maximum absolute atomic E-state index is 14.9. The highest BCUT2D eigenvalue weighted by Gasteiger charge is 2.62. The molecule has 1 fully saturated rings. The zero-order chi connectivity index (χ0) is 23.2. The molecule has 1 saturated heterocycles. The minimum Gasteiger partial charge on any atom is -0.465 e.